The van der Waals surface area contributed by atoms with Crippen molar-refractivity contribution in [1.82, 2.24) is 14.5 Å². The van der Waals surface area contributed by atoms with Crippen LogP contribution in [0.2, 0.25) is 5.02 Å². The number of hydrogen-bond acceptors (Lipinski definition) is 8. The first-order valence-electron chi connectivity index (χ1n) is 18.9. The molecule has 1 saturated carbocycles. The fourth-order valence-electron chi connectivity index (χ4n) is 9.62. The van der Waals surface area contributed by atoms with E-state index in [0.29, 0.717) is 43.9 Å². The Morgan fingerprint density at radius 3 is 2.52 bits per heavy atom. The summed E-state index contributed by atoms with van der Waals surface area (Å²) in [5.41, 5.74) is 2.50. The molecule has 50 heavy (non-hydrogen) atoms. The van der Waals surface area contributed by atoms with Crippen LogP contribution in [0, 0.1) is 17.8 Å². The minimum atomic E-state index is -3.94. The van der Waals surface area contributed by atoms with E-state index in [2.05, 4.69) is 38.5 Å². The van der Waals surface area contributed by atoms with Crippen LogP contribution in [0.5, 0.6) is 5.75 Å². The number of β-amino-alcohol motifs (C(OH)–C–C–N with tert-alkyl or cyclic N) is 1. The predicted octanol–water partition coefficient (Wildman–Crippen LogP) is 5.48. The highest BCUT2D eigenvalue weighted by atomic mass is 35.5. The fraction of sp³-hybridized carbons (Fsp3) is 0.667. The van der Waals surface area contributed by atoms with Crippen LogP contribution in [0.4, 0.5) is 5.69 Å². The van der Waals surface area contributed by atoms with Gasteiger partial charge in [0.15, 0.2) is 0 Å². The van der Waals surface area contributed by atoms with E-state index in [4.69, 9.17) is 16.3 Å². The number of fused-ring (bicyclic) bond motifs is 4. The number of nitrogens with zero attached hydrogens (tertiary/aromatic N) is 3. The molecule has 3 heterocycles. The molecule has 0 radical (unpaired) electrons. The molecule has 2 bridgehead atoms. The normalized spacial score (nSPS) is 33.7. The predicted molar refractivity (Wildman–Crippen MR) is 199 cm³/mol. The number of piperazine rings is 1. The van der Waals surface area contributed by atoms with Gasteiger partial charge in [0.05, 0.1) is 23.1 Å². The third kappa shape index (κ3) is 7.04. The van der Waals surface area contributed by atoms with Crippen LogP contribution in [-0.4, -0.2) is 99.0 Å². The molecule has 5 aliphatic rings. The van der Waals surface area contributed by atoms with Crippen molar-refractivity contribution in [2.45, 2.75) is 88.4 Å². The molecule has 1 spiro atoms. The Bertz CT molecular complexity index is 1680. The van der Waals surface area contributed by atoms with Gasteiger partial charge in [-0.05, 0) is 118 Å². The number of nitrogens with one attached hydrogen (secondary N) is 1. The second-order valence-electron chi connectivity index (χ2n) is 16.1. The second-order valence-corrected chi connectivity index (χ2v) is 18.6. The summed E-state index contributed by atoms with van der Waals surface area (Å²) in [6.07, 6.45) is 7.01. The Kier molecular flexibility index (Phi) is 10.2. The number of ether oxygens (including phenoxy) is 1. The van der Waals surface area contributed by atoms with Crippen LogP contribution >= 0.6 is 11.6 Å². The molecule has 0 aromatic heterocycles. The zero-order valence-electron chi connectivity index (χ0n) is 30.0. The van der Waals surface area contributed by atoms with Gasteiger partial charge >= 0.3 is 0 Å². The summed E-state index contributed by atoms with van der Waals surface area (Å²) in [4.78, 5) is 20.9. The summed E-state index contributed by atoms with van der Waals surface area (Å²) in [5.74, 6) is 0.307. The number of halogens is 1. The average Bonchev–Trinajstić information content (AvgIpc) is 3.22. The van der Waals surface area contributed by atoms with Crippen molar-refractivity contribution in [3.8, 4) is 5.75 Å². The number of hydrogen-bond donors (Lipinski definition) is 2. The maximum Gasteiger partial charge on any atom is 0.264 e. The van der Waals surface area contributed by atoms with Gasteiger partial charge in [-0.2, -0.15) is 0 Å². The third-order valence-corrected chi connectivity index (χ3v) is 15.2. The lowest BCUT2D eigenvalue weighted by atomic mass is 9.62. The Hall–Kier alpha value is -2.37. The third-order valence-electron chi connectivity index (χ3n) is 13.1. The number of carbonyl (C=O) groups excluding carboxylic acids is 1. The lowest BCUT2D eigenvalue weighted by Crippen LogP contribution is -2.59. The highest BCUT2D eigenvalue weighted by Gasteiger charge is 2.49. The summed E-state index contributed by atoms with van der Waals surface area (Å²) in [5, 5.41) is 12.8. The van der Waals surface area contributed by atoms with Gasteiger partial charge < -0.3 is 19.6 Å². The number of sulfonamides is 1. The van der Waals surface area contributed by atoms with Crippen molar-refractivity contribution in [3.05, 3.63) is 58.1 Å². The molecule has 1 amide bonds. The zero-order valence-corrected chi connectivity index (χ0v) is 31.6. The standard InChI is InChI=1S/C39H55ClN4O5S/c1-4-42-17-19-43(20-18-42)25-39(46)16-5-7-27(2)28(3)50(47,48)41-37(45)30-10-14-36-35(22-30)44(23-31-9-12-34(31)39)24-38(26-49-36)15-6-8-29-21-32(40)11-13-33(29)38/h10-11,13-14,21-22,27-28,31,34,46H,4-9,12,15-20,23-26H2,1-3H3,(H,41,45)/t27-,28+,31-,34+,38-,39+/m0/s1. The number of rotatable bonds is 3. The van der Waals surface area contributed by atoms with E-state index < -0.39 is 26.8 Å². The summed E-state index contributed by atoms with van der Waals surface area (Å²) in [6, 6.07) is 11.6. The van der Waals surface area contributed by atoms with Crippen molar-refractivity contribution in [1.29, 1.82) is 0 Å². The monoisotopic (exact) mass is 726 g/mol. The van der Waals surface area contributed by atoms with Gasteiger partial charge in [-0.1, -0.05) is 37.9 Å². The fourth-order valence-corrected chi connectivity index (χ4v) is 11.1. The highest BCUT2D eigenvalue weighted by molar-refractivity contribution is 7.90. The Balaban J connectivity index is 1.27. The first-order chi connectivity index (χ1) is 23.9. The minimum Gasteiger partial charge on any atom is -0.490 e. The van der Waals surface area contributed by atoms with Crippen LogP contribution in [0.15, 0.2) is 36.4 Å². The molecular weight excluding hydrogens is 672 g/mol. The van der Waals surface area contributed by atoms with E-state index in [0.717, 1.165) is 88.5 Å². The molecule has 9 nitrogen and oxygen atoms in total. The number of anilines is 1. The van der Waals surface area contributed by atoms with Gasteiger partial charge in [0, 0.05) is 61.8 Å². The lowest BCUT2D eigenvalue weighted by molar-refractivity contribution is -0.109. The molecule has 2 fully saturated rings. The Morgan fingerprint density at radius 1 is 1.00 bits per heavy atom. The smallest absolute Gasteiger partial charge is 0.264 e. The quantitative estimate of drug-likeness (QED) is 0.430. The first kappa shape index (κ1) is 36.0. The Morgan fingerprint density at radius 2 is 1.78 bits per heavy atom. The maximum atomic E-state index is 13.6. The van der Waals surface area contributed by atoms with Crippen molar-refractivity contribution < 1.29 is 23.1 Å². The number of amides is 1. The van der Waals surface area contributed by atoms with Crippen LogP contribution in [0.3, 0.4) is 0 Å². The molecule has 11 heteroatoms. The summed E-state index contributed by atoms with van der Waals surface area (Å²) in [6.45, 7) is 13.4. The van der Waals surface area contributed by atoms with E-state index in [-0.39, 0.29) is 23.2 Å². The Labute approximate surface area is 303 Å². The molecule has 2 aromatic carbocycles. The van der Waals surface area contributed by atoms with E-state index in [9.17, 15) is 18.3 Å². The number of aliphatic hydroxyl groups is 1. The molecule has 6 atom stereocenters. The number of aryl methyl sites for hydroxylation is 1. The van der Waals surface area contributed by atoms with E-state index in [1.54, 1.807) is 13.0 Å². The molecule has 2 aromatic rings. The highest BCUT2D eigenvalue weighted by Crippen LogP contribution is 2.49. The molecule has 2 aliphatic carbocycles. The topological polar surface area (TPSA) is 102 Å². The van der Waals surface area contributed by atoms with E-state index in [1.807, 2.05) is 25.1 Å². The average molecular weight is 727 g/mol. The number of benzene rings is 2. The van der Waals surface area contributed by atoms with Crippen LogP contribution < -0.4 is 14.4 Å². The molecule has 1 saturated heterocycles. The molecule has 274 valence electrons. The minimum absolute atomic E-state index is 0.128. The van der Waals surface area contributed by atoms with Gasteiger partial charge in [-0.15, -0.1) is 0 Å². The van der Waals surface area contributed by atoms with Gasteiger partial charge in [0.1, 0.15) is 5.75 Å². The molecule has 7 rings (SSSR count). The van der Waals surface area contributed by atoms with Crippen LogP contribution in [0.1, 0.15) is 87.2 Å². The van der Waals surface area contributed by atoms with Crippen molar-refractivity contribution >= 4 is 33.2 Å². The number of likely N-dealkylation sites (N-methyl/N-ethyl adjacent to an activating group) is 1. The van der Waals surface area contributed by atoms with Gasteiger partial charge in [0.2, 0.25) is 10.0 Å². The van der Waals surface area contributed by atoms with E-state index in [1.165, 1.54) is 11.1 Å². The summed E-state index contributed by atoms with van der Waals surface area (Å²) >= 11 is 6.47. The van der Waals surface area contributed by atoms with Gasteiger partial charge in [0.25, 0.3) is 5.91 Å². The van der Waals surface area contributed by atoms with Gasteiger partial charge in [-0.3, -0.25) is 9.69 Å². The van der Waals surface area contributed by atoms with Crippen molar-refractivity contribution in [2.75, 3.05) is 63.9 Å². The maximum absolute atomic E-state index is 13.6. The molecule has 3 aliphatic heterocycles. The summed E-state index contributed by atoms with van der Waals surface area (Å²) in [7, 11) is -3.94. The molecule has 0 unspecified atom stereocenters. The van der Waals surface area contributed by atoms with Crippen molar-refractivity contribution in [3.63, 3.8) is 0 Å². The first-order valence-corrected chi connectivity index (χ1v) is 20.9. The second kappa shape index (κ2) is 14.2. The van der Waals surface area contributed by atoms with Gasteiger partial charge in [-0.25, -0.2) is 13.1 Å². The number of carbonyl (C=O) groups is 1. The zero-order chi connectivity index (χ0) is 35.3. The van der Waals surface area contributed by atoms with Crippen molar-refractivity contribution in [2.24, 2.45) is 17.8 Å². The lowest BCUT2D eigenvalue weighted by Gasteiger charge is -2.52. The van der Waals surface area contributed by atoms with Crippen LogP contribution in [0.25, 0.3) is 0 Å². The largest absolute Gasteiger partial charge is 0.490 e. The SMILES string of the molecule is CCN1CCN(C[C@]2(O)CCC[C@H](C)[C@@H](C)S(=O)(=O)NC(=O)c3ccc4c(c3)N(C[C@@H]3CC[C@H]32)C[C@@]2(CCCc3cc(Cl)ccc32)CO4)CC1. The molecular formula is C39H55ClN4O5S. The summed E-state index contributed by atoms with van der Waals surface area (Å²) < 4.78 is 36.1. The van der Waals surface area contributed by atoms with E-state index >= 15 is 0 Å². The van der Waals surface area contributed by atoms with Crippen LogP contribution in [-0.2, 0) is 21.9 Å². The molecule has 2 N–H and O–H groups in total.